The van der Waals surface area contributed by atoms with E-state index in [1.54, 1.807) is 0 Å². The highest BCUT2D eigenvalue weighted by Crippen LogP contribution is 2.25. The fraction of sp³-hybridized carbons (Fsp3) is 0.882. The minimum absolute atomic E-state index is 0.181. The van der Waals surface area contributed by atoms with E-state index in [1.165, 1.54) is 0 Å². The van der Waals surface area contributed by atoms with Gasteiger partial charge in [-0.3, -0.25) is 9.59 Å². The summed E-state index contributed by atoms with van der Waals surface area (Å²) in [5, 5.41) is 1.19. The number of alkyl halides is 2. The highest BCUT2D eigenvalue weighted by molar-refractivity contribution is 9.09. The molecule has 0 aliphatic rings. The Kier molecular flexibility index (Phi) is 14.2. The molecule has 0 unspecified atom stereocenters. The first-order chi connectivity index (χ1) is 11.0. The monoisotopic (exact) mass is 456 g/mol. The summed E-state index contributed by atoms with van der Waals surface area (Å²) >= 11 is 6.90. The average Bonchev–Trinajstić information content (AvgIpc) is 2.56. The van der Waals surface area contributed by atoms with Gasteiger partial charge in [0.05, 0.1) is 5.41 Å². The lowest BCUT2D eigenvalue weighted by atomic mass is 9.96. The third kappa shape index (κ3) is 11.1. The Labute approximate surface area is 157 Å². The van der Waals surface area contributed by atoms with Crippen molar-refractivity contribution in [3.8, 4) is 0 Å². The van der Waals surface area contributed by atoms with Crippen LogP contribution < -0.4 is 0 Å². The van der Waals surface area contributed by atoms with E-state index in [9.17, 15) is 9.59 Å². The summed E-state index contributed by atoms with van der Waals surface area (Å²) in [7, 11) is 0. The zero-order valence-corrected chi connectivity index (χ0v) is 17.5. The molecule has 0 aromatic rings. The predicted molar refractivity (Wildman–Crippen MR) is 100 cm³/mol. The van der Waals surface area contributed by atoms with Crippen LogP contribution in [-0.4, -0.2) is 35.8 Å². The van der Waals surface area contributed by atoms with Crippen LogP contribution in [0.25, 0.3) is 0 Å². The maximum atomic E-state index is 11.7. The summed E-state index contributed by atoms with van der Waals surface area (Å²) in [6.07, 6.45) is 6.84. The van der Waals surface area contributed by atoms with Crippen LogP contribution in [0.1, 0.15) is 65.2 Å². The SMILES string of the molecule is CCCCCC(=O)OCC(CBr)(CBr)COC(=O)CCCCC. The molecule has 4 nitrogen and oxygen atoms in total. The van der Waals surface area contributed by atoms with E-state index in [1.807, 2.05) is 0 Å². The van der Waals surface area contributed by atoms with Gasteiger partial charge < -0.3 is 9.47 Å². The smallest absolute Gasteiger partial charge is 0.305 e. The molecule has 0 radical (unpaired) electrons. The molecule has 0 saturated carbocycles. The van der Waals surface area contributed by atoms with Crippen molar-refractivity contribution in [1.82, 2.24) is 0 Å². The number of rotatable bonds is 14. The van der Waals surface area contributed by atoms with Crippen molar-refractivity contribution in [2.24, 2.45) is 5.41 Å². The van der Waals surface area contributed by atoms with Crippen molar-refractivity contribution < 1.29 is 19.1 Å². The number of ether oxygens (including phenoxy) is 2. The van der Waals surface area contributed by atoms with Crippen LogP contribution in [0.15, 0.2) is 0 Å². The number of hydrogen-bond donors (Lipinski definition) is 0. The van der Waals surface area contributed by atoms with E-state index in [0.29, 0.717) is 23.5 Å². The van der Waals surface area contributed by atoms with Crippen LogP contribution in [0.3, 0.4) is 0 Å². The van der Waals surface area contributed by atoms with E-state index in [4.69, 9.17) is 9.47 Å². The van der Waals surface area contributed by atoms with Crippen LogP contribution in [0.5, 0.6) is 0 Å². The average molecular weight is 458 g/mol. The fourth-order valence-electron chi connectivity index (χ4n) is 1.88. The molecule has 0 N–H and O–H groups in total. The molecule has 0 bridgehead atoms. The van der Waals surface area contributed by atoms with E-state index in [0.717, 1.165) is 38.5 Å². The number of unbranched alkanes of at least 4 members (excludes halogenated alkanes) is 4. The van der Waals surface area contributed by atoms with Gasteiger partial charge in [0.25, 0.3) is 0 Å². The summed E-state index contributed by atoms with van der Waals surface area (Å²) in [4.78, 5) is 23.5. The molecule has 0 aromatic carbocycles. The van der Waals surface area contributed by atoms with Gasteiger partial charge in [-0.1, -0.05) is 71.4 Å². The van der Waals surface area contributed by atoms with Crippen LogP contribution >= 0.6 is 31.9 Å². The highest BCUT2D eigenvalue weighted by Gasteiger charge is 2.31. The van der Waals surface area contributed by atoms with E-state index in [-0.39, 0.29) is 25.2 Å². The normalized spacial score (nSPS) is 11.3. The van der Waals surface area contributed by atoms with Crippen molar-refractivity contribution in [2.75, 3.05) is 23.9 Å². The summed E-state index contributed by atoms with van der Waals surface area (Å²) in [5.74, 6) is -0.363. The van der Waals surface area contributed by atoms with Crippen molar-refractivity contribution in [3.63, 3.8) is 0 Å². The molecule has 0 heterocycles. The zero-order valence-electron chi connectivity index (χ0n) is 14.4. The summed E-state index contributed by atoms with van der Waals surface area (Å²) in [6, 6.07) is 0. The molecule has 0 aliphatic heterocycles. The molecular formula is C17H30Br2O4. The number of esters is 2. The summed E-state index contributed by atoms with van der Waals surface area (Å²) in [5.41, 5.74) is -0.416. The molecule has 6 heteroatoms. The lowest BCUT2D eigenvalue weighted by Gasteiger charge is -2.28. The van der Waals surface area contributed by atoms with Crippen LogP contribution in [0.4, 0.5) is 0 Å². The Balaban J connectivity index is 4.23. The Bertz CT molecular complexity index is 303. The largest absolute Gasteiger partial charge is 0.465 e. The minimum atomic E-state index is -0.416. The van der Waals surface area contributed by atoms with Crippen molar-refractivity contribution in [2.45, 2.75) is 65.2 Å². The first-order valence-corrected chi connectivity index (χ1v) is 10.7. The van der Waals surface area contributed by atoms with Crippen LogP contribution in [0, 0.1) is 5.41 Å². The fourth-order valence-corrected chi connectivity index (χ4v) is 3.46. The lowest BCUT2D eigenvalue weighted by molar-refractivity contribution is -0.152. The molecular weight excluding hydrogens is 428 g/mol. The second kappa shape index (κ2) is 14.3. The highest BCUT2D eigenvalue weighted by atomic mass is 79.9. The van der Waals surface area contributed by atoms with Crippen molar-refractivity contribution >= 4 is 43.8 Å². The first kappa shape index (κ1) is 22.9. The van der Waals surface area contributed by atoms with Gasteiger partial charge in [0, 0.05) is 23.5 Å². The van der Waals surface area contributed by atoms with Gasteiger partial charge in [0.15, 0.2) is 0 Å². The molecule has 0 rings (SSSR count). The van der Waals surface area contributed by atoms with Gasteiger partial charge in [-0.05, 0) is 12.8 Å². The van der Waals surface area contributed by atoms with E-state index in [2.05, 4.69) is 45.7 Å². The number of halogens is 2. The maximum absolute atomic E-state index is 11.7. The van der Waals surface area contributed by atoms with Crippen molar-refractivity contribution in [3.05, 3.63) is 0 Å². The molecule has 136 valence electrons. The molecule has 0 spiro atoms. The van der Waals surface area contributed by atoms with Crippen LogP contribution in [0.2, 0.25) is 0 Å². The number of hydrogen-bond acceptors (Lipinski definition) is 4. The second-order valence-electron chi connectivity index (χ2n) is 6.00. The Morgan fingerprint density at radius 3 is 1.48 bits per heavy atom. The minimum Gasteiger partial charge on any atom is -0.465 e. The second-order valence-corrected chi connectivity index (χ2v) is 7.12. The van der Waals surface area contributed by atoms with Gasteiger partial charge >= 0.3 is 11.9 Å². The summed E-state index contributed by atoms with van der Waals surface area (Å²) < 4.78 is 10.8. The number of carbonyl (C=O) groups excluding carboxylic acids is 2. The Hall–Kier alpha value is -0.100. The standard InChI is InChI=1S/C17H30Br2O4/c1-3-5-7-9-15(20)22-13-17(11-18,12-19)14-23-16(21)10-8-6-4-2/h3-14H2,1-2H3. The zero-order chi connectivity index (χ0) is 17.6. The van der Waals surface area contributed by atoms with E-state index < -0.39 is 5.41 Å². The van der Waals surface area contributed by atoms with Gasteiger partial charge in [0.1, 0.15) is 13.2 Å². The third-order valence-electron chi connectivity index (χ3n) is 3.61. The van der Waals surface area contributed by atoms with Gasteiger partial charge in [-0.25, -0.2) is 0 Å². The molecule has 0 aliphatic carbocycles. The van der Waals surface area contributed by atoms with E-state index >= 15 is 0 Å². The van der Waals surface area contributed by atoms with Gasteiger partial charge in [-0.15, -0.1) is 0 Å². The molecule has 0 atom stereocenters. The maximum Gasteiger partial charge on any atom is 0.305 e. The third-order valence-corrected chi connectivity index (χ3v) is 5.99. The molecule has 0 aromatic heterocycles. The predicted octanol–water partition coefficient (Wildman–Crippen LogP) is 5.01. The molecule has 0 saturated heterocycles. The lowest BCUT2D eigenvalue weighted by Crippen LogP contribution is -2.37. The molecule has 0 amide bonds. The van der Waals surface area contributed by atoms with Gasteiger partial charge in [0.2, 0.25) is 0 Å². The first-order valence-electron chi connectivity index (χ1n) is 8.46. The topological polar surface area (TPSA) is 52.6 Å². The Morgan fingerprint density at radius 1 is 0.783 bits per heavy atom. The molecule has 0 fully saturated rings. The van der Waals surface area contributed by atoms with Crippen molar-refractivity contribution in [1.29, 1.82) is 0 Å². The quantitative estimate of drug-likeness (QED) is 0.209. The summed E-state index contributed by atoms with van der Waals surface area (Å²) in [6.45, 7) is 4.69. The van der Waals surface area contributed by atoms with Gasteiger partial charge in [-0.2, -0.15) is 0 Å². The molecule has 23 heavy (non-hydrogen) atoms. The Morgan fingerprint density at radius 2 is 1.17 bits per heavy atom. The number of carbonyl (C=O) groups is 2. The van der Waals surface area contributed by atoms with Crippen LogP contribution in [-0.2, 0) is 19.1 Å².